The number of anilines is 1. The maximum Gasteiger partial charge on any atom is 0.185 e. The molecule has 4 heteroatoms. The second-order valence-corrected chi connectivity index (χ2v) is 5.31. The highest BCUT2D eigenvalue weighted by Gasteiger charge is 2.26. The lowest BCUT2D eigenvalue weighted by atomic mass is 9.92. The number of hydrogen-bond acceptors (Lipinski definition) is 3. The number of aryl methyl sites for hydroxylation is 1. The van der Waals surface area contributed by atoms with E-state index < -0.39 is 0 Å². The lowest BCUT2D eigenvalue weighted by molar-refractivity contribution is 0.385. The Morgan fingerprint density at radius 2 is 2.40 bits per heavy atom. The largest absolute Gasteiger partial charge is 0.345 e. The summed E-state index contributed by atoms with van der Waals surface area (Å²) < 4.78 is 0. The van der Waals surface area contributed by atoms with Crippen molar-refractivity contribution in [3.05, 3.63) is 11.1 Å². The zero-order chi connectivity index (χ0) is 10.7. The Balaban J connectivity index is 2.03. The van der Waals surface area contributed by atoms with Gasteiger partial charge in [-0.3, -0.25) is 0 Å². The molecule has 1 aromatic rings. The molecule has 84 valence electrons. The lowest BCUT2D eigenvalue weighted by Crippen LogP contribution is -2.41. The van der Waals surface area contributed by atoms with Crippen LogP contribution >= 0.6 is 22.9 Å². The molecule has 2 rings (SSSR count). The van der Waals surface area contributed by atoms with Crippen LogP contribution in [0, 0.1) is 6.92 Å². The Bertz CT molecular complexity index is 309. The van der Waals surface area contributed by atoms with E-state index in [2.05, 4.69) is 22.2 Å². The summed E-state index contributed by atoms with van der Waals surface area (Å²) in [5.74, 6) is 0.744. The van der Waals surface area contributed by atoms with Crippen LogP contribution in [0.15, 0.2) is 5.38 Å². The van der Waals surface area contributed by atoms with Crippen LogP contribution in [0.5, 0.6) is 0 Å². The van der Waals surface area contributed by atoms with Crippen LogP contribution in [0.1, 0.15) is 31.4 Å². The molecule has 0 aromatic carbocycles. The van der Waals surface area contributed by atoms with Crippen LogP contribution in [0.2, 0.25) is 0 Å². The third-order valence-corrected chi connectivity index (χ3v) is 4.16. The number of thiazole rings is 1. The molecule has 0 aliphatic heterocycles. The molecule has 1 aromatic heterocycles. The molecule has 1 aliphatic carbocycles. The van der Waals surface area contributed by atoms with Crippen molar-refractivity contribution >= 4 is 28.1 Å². The van der Waals surface area contributed by atoms with Crippen LogP contribution in [0.4, 0.5) is 5.13 Å². The van der Waals surface area contributed by atoms with Crippen molar-refractivity contribution in [1.29, 1.82) is 0 Å². The van der Waals surface area contributed by atoms with Crippen LogP contribution in [-0.2, 0) is 0 Å². The van der Waals surface area contributed by atoms with Gasteiger partial charge in [0.15, 0.2) is 5.13 Å². The normalized spacial score (nSPS) is 16.4. The van der Waals surface area contributed by atoms with Crippen LogP contribution < -0.4 is 4.90 Å². The van der Waals surface area contributed by atoms with Gasteiger partial charge in [0.05, 0.1) is 5.69 Å². The third-order valence-electron chi connectivity index (χ3n) is 2.90. The molecule has 15 heavy (non-hydrogen) atoms. The Morgan fingerprint density at radius 1 is 1.60 bits per heavy atom. The van der Waals surface area contributed by atoms with Gasteiger partial charge < -0.3 is 4.90 Å². The molecule has 0 unspecified atom stereocenters. The highest BCUT2D eigenvalue weighted by atomic mass is 35.5. The Morgan fingerprint density at radius 3 is 2.87 bits per heavy atom. The van der Waals surface area contributed by atoms with Gasteiger partial charge in [-0.05, 0) is 32.6 Å². The molecule has 1 fully saturated rings. The molecule has 1 heterocycles. The minimum Gasteiger partial charge on any atom is -0.345 e. The monoisotopic (exact) mass is 244 g/mol. The molecule has 0 saturated heterocycles. The summed E-state index contributed by atoms with van der Waals surface area (Å²) in [7, 11) is 0. The number of hydrogen-bond donors (Lipinski definition) is 0. The molecule has 1 aliphatic rings. The lowest BCUT2D eigenvalue weighted by Gasteiger charge is -2.37. The van der Waals surface area contributed by atoms with Gasteiger partial charge >= 0.3 is 0 Å². The van der Waals surface area contributed by atoms with Crippen molar-refractivity contribution in [2.75, 3.05) is 17.3 Å². The van der Waals surface area contributed by atoms with Gasteiger partial charge in [0.1, 0.15) is 0 Å². The predicted octanol–water partition coefficient (Wildman–Crippen LogP) is 3.44. The Kier molecular flexibility index (Phi) is 3.87. The van der Waals surface area contributed by atoms with Crippen molar-refractivity contribution in [1.82, 2.24) is 4.98 Å². The first-order chi connectivity index (χ1) is 7.31. The van der Waals surface area contributed by atoms with Gasteiger partial charge in [-0.2, -0.15) is 0 Å². The number of rotatable bonds is 5. The van der Waals surface area contributed by atoms with E-state index in [-0.39, 0.29) is 0 Å². The van der Waals surface area contributed by atoms with Crippen LogP contribution in [0.25, 0.3) is 0 Å². The predicted molar refractivity (Wildman–Crippen MR) is 67.2 cm³/mol. The van der Waals surface area contributed by atoms with E-state index in [0.717, 1.165) is 30.6 Å². The first kappa shape index (κ1) is 11.2. The maximum atomic E-state index is 5.76. The quantitative estimate of drug-likeness (QED) is 0.738. The van der Waals surface area contributed by atoms with Gasteiger partial charge in [-0.25, -0.2) is 4.98 Å². The fraction of sp³-hybridized carbons (Fsp3) is 0.727. The topological polar surface area (TPSA) is 16.1 Å². The molecule has 2 nitrogen and oxygen atoms in total. The van der Waals surface area contributed by atoms with Crippen molar-refractivity contribution in [2.45, 2.75) is 38.6 Å². The molecule has 0 radical (unpaired) electrons. The zero-order valence-electron chi connectivity index (χ0n) is 9.08. The van der Waals surface area contributed by atoms with E-state index >= 15 is 0 Å². The first-order valence-electron chi connectivity index (χ1n) is 5.56. The summed E-state index contributed by atoms with van der Waals surface area (Å²) in [5.41, 5.74) is 1.13. The van der Waals surface area contributed by atoms with Crippen molar-refractivity contribution < 1.29 is 0 Å². The van der Waals surface area contributed by atoms with E-state index in [4.69, 9.17) is 11.6 Å². The number of nitrogens with zero attached hydrogens (tertiary/aromatic N) is 2. The number of halogens is 1. The van der Waals surface area contributed by atoms with E-state index in [1.54, 1.807) is 11.3 Å². The first-order valence-corrected chi connectivity index (χ1v) is 6.97. The molecule has 0 N–H and O–H groups in total. The summed E-state index contributed by atoms with van der Waals surface area (Å²) in [6, 6.07) is 0.721. The standard InChI is InChI=1S/C11H17ClN2S/c1-9-8-15-11(13-9)14(7-3-6-12)10-4-2-5-10/h8,10H,2-7H2,1H3. The van der Waals surface area contributed by atoms with Gasteiger partial charge in [0.2, 0.25) is 0 Å². The molecule has 0 atom stereocenters. The smallest absolute Gasteiger partial charge is 0.185 e. The van der Waals surface area contributed by atoms with Crippen molar-refractivity contribution in [2.24, 2.45) is 0 Å². The second-order valence-electron chi connectivity index (χ2n) is 4.09. The third kappa shape index (κ3) is 2.64. The summed E-state index contributed by atoms with van der Waals surface area (Å²) in [4.78, 5) is 7.02. The minimum atomic E-state index is 0.721. The van der Waals surface area contributed by atoms with Crippen LogP contribution in [-0.4, -0.2) is 23.5 Å². The van der Waals surface area contributed by atoms with Gasteiger partial charge in [0.25, 0.3) is 0 Å². The number of alkyl halides is 1. The summed E-state index contributed by atoms with van der Waals surface area (Å²) in [5, 5.41) is 3.31. The SMILES string of the molecule is Cc1csc(N(CCCCl)C2CCC2)n1. The summed E-state index contributed by atoms with van der Waals surface area (Å²) in [6.07, 6.45) is 5.06. The molecule has 0 amide bonds. The molecular weight excluding hydrogens is 228 g/mol. The van der Waals surface area contributed by atoms with Crippen molar-refractivity contribution in [3.63, 3.8) is 0 Å². The highest BCUT2D eigenvalue weighted by molar-refractivity contribution is 7.13. The van der Waals surface area contributed by atoms with Crippen LogP contribution in [0.3, 0.4) is 0 Å². The van der Waals surface area contributed by atoms with Gasteiger partial charge in [0, 0.05) is 23.8 Å². The second kappa shape index (κ2) is 5.17. The van der Waals surface area contributed by atoms with E-state index in [0.29, 0.717) is 0 Å². The Labute approximate surface area is 100 Å². The van der Waals surface area contributed by atoms with E-state index in [1.807, 2.05) is 0 Å². The van der Waals surface area contributed by atoms with Gasteiger partial charge in [-0.15, -0.1) is 22.9 Å². The average molecular weight is 245 g/mol. The van der Waals surface area contributed by atoms with Gasteiger partial charge in [-0.1, -0.05) is 0 Å². The Hall–Kier alpha value is -0.280. The fourth-order valence-electron chi connectivity index (χ4n) is 1.84. The number of aromatic nitrogens is 1. The highest BCUT2D eigenvalue weighted by Crippen LogP contribution is 2.31. The minimum absolute atomic E-state index is 0.721. The summed E-state index contributed by atoms with van der Waals surface area (Å²) in [6.45, 7) is 3.11. The molecular formula is C11H17ClN2S. The maximum absolute atomic E-state index is 5.76. The zero-order valence-corrected chi connectivity index (χ0v) is 10.7. The average Bonchev–Trinajstić information content (AvgIpc) is 2.56. The molecule has 1 saturated carbocycles. The molecule has 0 bridgehead atoms. The summed E-state index contributed by atoms with van der Waals surface area (Å²) >= 11 is 7.52. The van der Waals surface area contributed by atoms with E-state index in [1.165, 1.54) is 24.4 Å². The molecule has 0 spiro atoms. The van der Waals surface area contributed by atoms with E-state index in [9.17, 15) is 0 Å². The fourth-order valence-corrected chi connectivity index (χ4v) is 2.86. The van der Waals surface area contributed by atoms with Crippen molar-refractivity contribution in [3.8, 4) is 0 Å².